The number of nitrogens with one attached hydrogen (secondary N) is 1. The summed E-state index contributed by atoms with van der Waals surface area (Å²) in [5.74, 6) is 0. The number of halogens is 1. The molecule has 4 nitrogen and oxygen atoms in total. The van der Waals surface area contributed by atoms with Crippen LogP contribution in [0, 0.1) is 10.1 Å². The molecule has 0 aliphatic rings. The molecule has 0 fully saturated rings. The molecule has 0 saturated carbocycles. The van der Waals surface area contributed by atoms with Gasteiger partial charge in [0.2, 0.25) is 0 Å². The van der Waals surface area contributed by atoms with Crippen LogP contribution in [0.25, 0.3) is 0 Å². The Bertz CT molecular complexity index is 616. The van der Waals surface area contributed by atoms with Crippen molar-refractivity contribution in [2.75, 3.05) is 0 Å². The van der Waals surface area contributed by atoms with Crippen molar-refractivity contribution in [1.82, 2.24) is 5.32 Å². The Morgan fingerprint density at radius 3 is 2.70 bits per heavy atom. The first-order valence-corrected chi connectivity index (χ1v) is 7.08. The third-order valence-electron chi connectivity index (χ3n) is 3.08. The highest BCUT2D eigenvalue weighted by atomic mass is 79.9. The van der Waals surface area contributed by atoms with E-state index in [4.69, 9.17) is 0 Å². The van der Waals surface area contributed by atoms with Crippen LogP contribution in [0.4, 0.5) is 5.69 Å². The second kappa shape index (κ2) is 6.63. The standard InChI is InChI=1S/C15H15BrN2O2/c1-11(13-5-3-6-14(16)9-13)17-10-12-4-2-7-15(8-12)18(19)20/h2-9,11,17H,10H2,1H3/t11-/m1/s1. The SMILES string of the molecule is C[C@@H](NCc1cccc([N+](=O)[O-])c1)c1cccc(Br)c1. The van der Waals surface area contributed by atoms with Crippen LogP contribution in [0.2, 0.25) is 0 Å². The van der Waals surface area contributed by atoms with E-state index in [0.29, 0.717) is 6.54 Å². The highest BCUT2D eigenvalue weighted by molar-refractivity contribution is 9.10. The number of nitrogens with zero attached hydrogens (tertiary/aromatic N) is 1. The molecule has 0 saturated heterocycles. The summed E-state index contributed by atoms with van der Waals surface area (Å²) in [6.45, 7) is 2.66. The molecular weight excluding hydrogens is 320 g/mol. The maximum Gasteiger partial charge on any atom is 0.269 e. The Morgan fingerprint density at radius 1 is 1.25 bits per heavy atom. The zero-order valence-corrected chi connectivity index (χ0v) is 12.6. The van der Waals surface area contributed by atoms with Crippen molar-refractivity contribution < 1.29 is 4.92 Å². The Morgan fingerprint density at radius 2 is 2.00 bits per heavy atom. The second-order valence-corrected chi connectivity index (χ2v) is 5.50. The first kappa shape index (κ1) is 14.7. The number of nitro groups is 1. The normalized spacial score (nSPS) is 12.1. The fourth-order valence-electron chi connectivity index (χ4n) is 1.94. The summed E-state index contributed by atoms with van der Waals surface area (Å²) in [6, 6.07) is 14.9. The van der Waals surface area contributed by atoms with Gasteiger partial charge in [0.15, 0.2) is 0 Å². The summed E-state index contributed by atoms with van der Waals surface area (Å²) in [5.41, 5.74) is 2.20. The van der Waals surface area contributed by atoms with Crippen LogP contribution < -0.4 is 5.32 Å². The molecule has 0 bridgehead atoms. The molecule has 2 rings (SSSR count). The number of rotatable bonds is 5. The van der Waals surface area contributed by atoms with Crippen molar-refractivity contribution in [2.24, 2.45) is 0 Å². The van der Waals surface area contributed by atoms with E-state index in [-0.39, 0.29) is 16.7 Å². The lowest BCUT2D eigenvalue weighted by Crippen LogP contribution is -2.18. The maximum atomic E-state index is 10.7. The highest BCUT2D eigenvalue weighted by Gasteiger charge is 2.08. The minimum absolute atomic E-state index is 0.124. The molecule has 0 aliphatic carbocycles. The summed E-state index contributed by atoms with van der Waals surface area (Å²) in [4.78, 5) is 10.4. The van der Waals surface area contributed by atoms with Gasteiger partial charge in [0.1, 0.15) is 0 Å². The van der Waals surface area contributed by atoms with Gasteiger partial charge in [0.05, 0.1) is 4.92 Å². The van der Waals surface area contributed by atoms with Crippen LogP contribution in [-0.4, -0.2) is 4.92 Å². The van der Waals surface area contributed by atoms with Crippen LogP contribution in [0.3, 0.4) is 0 Å². The van der Waals surface area contributed by atoms with Gasteiger partial charge < -0.3 is 5.32 Å². The molecule has 1 N–H and O–H groups in total. The molecular formula is C15H15BrN2O2. The summed E-state index contributed by atoms with van der Waals surface area (Å²) >= 11 is 3.45. The molecule has 20 heavy (non-hydrogen) atoms. The zero-order valence-electron chi connectivity index (χ0n) is 11.0. The average molecular weight is 335 g/mol. The Labute approximate surface area is 126 Å². The van der Waals surface area contributed by atoms with Crippen molar-refractivity contribution in [1.29, 1.82) is 0 Å². The van der Waals surface area contributed by atoms with E-state index in [2.05, 4.69) is 40.3 Å². The van der Waals surface area contributed by atoms with E-state index in [0.717, 1.165) is 10.0 Å². The summed E-state index contributed by atoms with van der Waals surface area (Å²) in [6.07, 6.45) is 0. The van der Waals surface area contributed by atoms with Gasteiger partial charge in [-0.25, -0.2) is 0 Å². The number of nitro benzene ring substituents is 1. The predicted octanol–water partition coefficient (Wildman–Crippen LogP) is 4.21. The van der Waals surface area contributed by atoms with E-state index < -0.39 is 0 Å². The minimum Gasteiger partial charge on any atom is -0.306 e. The van der Waals surface area contributed by atoms with Crippen LogP contribution in [-0.2, 0) is 6.54 Å². The third kappa shape index (κ3) is 3.88. The largest absolute Gasteiger partial charge is 0.306 e. The van der Waals surface area contributed by atoms with Crippen molar-refractivity contribution >= 4 is 21.6 Å². The first-order valence-electron chi connectivity index (χ1n) is 6.28. The fourth-order valence-corrected chi connectivity index (χ4v) is 2.36. The molecule has 0 aliphatic heterocycles. The molecule has 5 heteroatoms. The van der Waals surface area contributed by atoms with E-state index >= 15 is 0 Å². The fraction of sp³-hybridized carbons (Fsp3) is 0.200. The Hall–Kier alpha value is -1.72. The zero-order chi connectivity index (χ0) is 14.5. The topological polar surface area (TPSA) is 55.2 Å². The predicted molar refractivity (Wildman–Crippen MR) is 82.5 cm³/mol. The van der Waals surface area contributed by atoms with Gasteiger partial charge >= 0.3 is 0 Å². The van der Waals surface area contributed by atoms with Gasteiger partial charge in [-0.15, -0.1) is 0 Å². The Balaban J connectivity index is 2.01. The van der Waals surface area contributed by atoms with Crippen LogP contribution in [0.1, 0.15) is 24.1 Å². The van der Waals surface area contributed by atoms with Crippen molar-refractivity contribution in [3.63, 3.8) is 0 Å². The van der Waals surface area contributed by atoms with Crippen LogP contribution in [0.5, 0.6) is 0 Å². The molecule has 104 valence electrons. The summed E-state index contributed by atoms with van der Waals surface area (Å²) < 4.78 is 1.04. The summed E-state index contributed by atoms with van der Waals surface area (Å²) in [5, 5.41) is 14.1. The first-order chi connectivity index (χ1) is 9.56. The molecule has 2 aromatic rings. The van der Waals surface area contributed by atoms with E-state index in [1.807, 2.05) is 18.2 Å². The van der Waals surface area contributed by atoms with E-state index in [1.54, 1.807) is 12.1 Å². The summed E-state index contributed by atoms with van der Waals surface area (Å²) in [7, 11) is 0. The highest BCUT2D eigenvalue weighted by Crippen LogP contribution is 2.19. The number of non-ortho nitro benzene ring substituents is 1. The molecule has 0 amide bonds. The van der Waals surface area contributed by atoms with E-state index in [9.17, 15) is 10.1 Å². The lowest BCUT2D eigenvalue weighted by molar-refractivity contribution is -0.384. The monoisotopic (exact) mass is 334 g/mol. The van der Waals surface area contributed by atoms with Gasteiger partial charge in [0, 0.05) is 29.2 Å². The molecule has 0 unspecified atom stereocenters. The van der Waals surface area contributed by atoms with Gasteiger partial charge in [-0.1, -0.05) is 40.2 Å². The molecule has 0 spiro atoms. The van der Waals surface area contributed by atoms with Crippen LogP contribution in [0.15, 0.2) is 53.0 Å². The lowest BCUT2D eigenvalue weighted by atomic mass is 10.1. The molecule has 0 heterocycles. The molecule has 0 radical (unpaired) electrons. The van der Waals surface area contributed by atoms with Crippen molar-refractivity contribution in [3.05, 3.63) is 74.2 Å². The molecule has 2 aromatic carbocycles. The number of hydrogen-bond acceptors (Lipinski definition) is 3. The van der Waals surface area contributed by atoms with Crippen molar-refractivity contribution in [2.45, 2.75) is 19.5 Å². The van der Waals surface area contributed by atoms with Gasteiger partial charge in [-0.05, 0) is 30.2 Å². The smallest absolute Gasteiger partial charge is 0.269 e. The minimum atomic E-state index is -0.374. The van der Waals surface area contributed by atoms with Gasteiger partial charge in [0.25, 0.3) is 5.69 Å². The van der Waals surface area contributed by atoms with Gasteiger partial charge in [-0.3, -0.25) is 10.1 Å². The maximum absolute atomic E-state index is 10.7. The van der Waals surface area contributed by atoms with Crippen LogP contribution >= 0.6 is 15.9 Å². The number of benzene rings is 2. The Kier molecular flexibility index (Phi) is 4.87. The third-order valence-corrected chi connectivity index (χ3v) is 3.58. The van der Waals surface area contributed by atoms with Gasteiger partial charge in [-0.2, -0.15) is 0 Å². The quantitative estimate of drug-likeness (QED) is 0.658. The van der Waals surface area contributed by atoms with Crippen molar-refractivity contribution in [3.8, 4) is 0 Å². The molecule has 1 atom stereocenters. The second-order valence-electron chi connectivity index (χ2n) is 4.58. The number of hydrogen-bond donors (Lipinski definition) is 1. The average Bonchev–Trinajstić information content (AvgIpc) is 2.45. The lowest BCUT2D eigenvalue weighted by Gasteiger charge is -2.14. The molecule has 0 aromatic heterocycles. The van der Waals surface area contributed by atoms with E-state index in [1.165, 1.54) is 11.6 Å².